The Hall–Kier alpha value is -3.04. The van der Waals surface area contributed by atoms with Crippen molar-refractivity contribution in [2.45, 2.75) is 20.4 Å². The van der Waals surface area contributed by atoms with Gasteiger partial charge in [0.1, 0.15) is 21.5 Å². The molecule has 3 heterocycles. The van der Waals surface area contributed by atoms with Crippen molar-refractivity contribution < 1.29 is 9.21 Å². The molecule has 0 radical (unpaired) electrons. The largest absolute Gasteiger partial charge is 0.466 e. The van der Waals surface area contributed by atoms with Crippen LogP contribution < -0.4 is 10.6 Å². The topological polar surface area (TPSA) is 92.9 Å². The molecule has 4 aromatic rings. The summed E-state index contributed by atoms with van der Waals surface area (Å²) in [6.45, 7) is 4.09. The van der Waals surface area contributed by atoms with Crippen LogP contribution in [0.4, 0.5) is 9.93 Å². The Bertz CT molecular complexity index is 1100. The molecule has 7 nitrogen and oxygen atoms in total. The van der Waals surface area contributed by atoms with Gasteiger partial charge >= 0.3 is 6.03 Å². The van der Waals surface area contributed by atoms with Crippen LogP contribution in [0, 0.1) is 13.8 Å². The number of aromatic nitrogens is 3. The van der Waals surface area contributed by atoms with Gasteiger partial charge in [-0.3, -0.25) is 5.32 Å². The van der Waals surface area contributed by atoms with Crippen LogP contribution in [-0.4, -0.2) is 21.2 Å². The van der Waals surface area contributed by atoms with Crippen molar-refractivity contribution >= 4 is 33.8 Å². The maximum Gasteiger partial charge on any atom is 0.321 e. The molecule has 1 aromatic carbocycles. The molecule has 0 bridgehead atoms. The summed E-state index contributed by atoms with van der Waals surface area (Å²) in [5.41, 5.74) is 2.73. The molecule has 28 heavy (non-hydrogen) atoms. The van der Waals surface area contributed by atoms with Gasteiger partial charge in [0.05, 0.1) is 12.2 Å². The molecule has 142 valence electrons. The minimum atomic E-state index is -0.336. The van der Waals surface area contributed by atoms with E-state index in [2.05, 4.69) is 25.8 Å². The van der Waals surface area contributed by atoms with Crippen LogP contribution in [0.3, 0.4) is 0 Å². The van der Waals surface area contributed by atoms with Crippen LogP contribution >= 0.6 is 22.7 Å². The van der Waals surface area contributed by atoms with E-state index >= 15 is 0 Å². The fraction of sp³-hybridized carbons (Fsp3) is 0.158. The molecule has 2 amide bonds. The summed E-state index contributed by atoms with van der Waals surface area (Å²) in [4.78, 5) is 16.6. The maximum atomic E-state index is 12.2. The number of hydrogen-bond acceptors (Lipinski definition) is 7. The van der Waals surface area contributed by atoms with Gasteiger partial charge in [-0.2, -0.15) is 0 Å². The van der Waals surface area contributed by atoms with Crippen molar-refractivity contribution in [3.8, 4) is 21.8 Å². The molecule has 0 saturated carbocycles. The number of amides is 2. The van der Waals surface area contributed by atoms with E-state index in [-0.39, 0.29) is 6.03 Å². The third-order valence-corrected chi connectivity index (χ3v) is 5.66. The molecule has 0 aliphatic rings. The van der Waals surface area contributed by atoms with E-state index in [0.29, 0.717) is 11.7 Å². The number of urea groups is 1. The highest BCUT2D eigenvalue weighted by Gasteiger charge is 2.13. The smallest absolute Gasteiger partial charge is 0.321 e. The quantitative estimate of drug-likeness (QED) is 0.489. The highest BCUT2D eigenvalue weighted by Crippen LogP contribution is 2.29. The van der Waals surface area contributed by atoms with Crippen LogP contribution in [-0.2, 0) is 6.54 Å². The van der Waals surface area contributed by atoms with Gasteiger partial charge in [-0.1, -0.05) is 41.7 Å². The first-order valence-electron chi connectivity index (χ1n) is 8.54. The fourth-order valence-electron chi connectivity index (χ4n) is 2.66. The van der Waals surface area contributed by atoms with Gasteiger partial charge in [0, 0.05) is 16.5 Å². The molecule has 0 unspecified atom stereocenters. The molecule has 0 aliphatic carbocycles. The summed E-state index contributed by atoms with van der Waals surface area (Å²) in [7, 11) is 0. The lowest BCUT2D eigenvalue weighted by atomic mass is 10.2. The third kappa shape index (κ3) is 4.10. The second kappa shape index (κ2) is 7.91. The number of aryl methyl sites for hydroxylation is 2. The molecule has 0 fully saturated rings. The Morgan fingerprint density at radius 1 is 1.18 bits per heavy atom. The van der Waals surface area contributed by atoms with E-state index in [1.165, 1.54) is 22.7 Å². The van der Waals surface area contributed by atoms with Gasteiger partial charge in [0.25, 0.3) is 0 Å². The monoisotopic (exact) mass is 411 g/mol. The minimum Gasteiger partial charge on any atom is -0.466 e. The molecule has 2 N–H and O–H groups in total. The van der Waals surface area contributed by atoms with E-state index in [1.807, 2.05) is 55.6 Å². The van der Waals surface area contributed by atoms with Crippen LogP contribution in [0.5, 0.6) is 0 Å². The van der Waals surface area contributed by atoms with Crippen molar-refractivity contribution in [1.29, 1.82) is 0 Å². The lowest BCUT2D eigenvalue weighted by molar-refractivity contribution is 0.251. The Morgan fingerprint density at radius 3 is 2.75 bits per heavy atom. The lowest BCUT2D eigenvalue weighted by Gasteiger charge is -2.02. The van der Waals surface area contributed by atoms with Crippen LogP contribution in [0.2, 0.25) is 0 Å². The first kappa shape index (κ1) is 18.3. The lowest BCUT2D eigenvalue weighted by Crippen LogP contribution is -2.28. The van der Waals surface area contributed by atoms with Crippen LogP contribution in [0.15, 0.2) is 46.2 Å². The molecular formula is C19H17N5O2S2. The summed E-state index contributed by atoms with van der Waals surface area (Å²) in [5.74, 6) is 1.64. The minimum absolute atomic E-state index is 0.300. The van der Waals surface area contributed by atoms with Crippen molar-refractivity contribution in [3.05, 3.63) is 58.3 Å². The average Bonchev–Trinajstić information content (AvgIpc) is 3.41. The normalized spacial score (nSPS) is 10.8. The maximum absolute atomic E-state index is 12.2. The average molecular weight is 412 g/mol. The zero-order valence-corrected chi connectivity index (χ0v) is 16.9. The molecule has 9 heteroatoms. The van der Waals surface area contributed by atoms with Gasteiger partial charge in [-0.05, 0) is 19.9 Å². The molecule has 4 rings (SSSR count). The predicted molar refractivity (Wildman–Crippen MR) is 110 cm³/mol. The number of rotatable bonds is 5. The second-order valence-corrected chi connectivity index (χ2v) is 7.96. The van der Waals surface area contributed by atoms with Crippen LogP contribution in [0.25, 0.3) is 21.8 Å². The van der Waals surface area contributed by atoms with E-state index in [1.54, 1.807) is 0 Å². The zero-order valence-electron chi connectivity index (χ0n) is 15.2. The van der Waals surface area contributed by atoms with Gasteiger partial charge < -0.3 is 9.73 Å². The van der Waals surface area contributed by atoms with Gasteiger partial charge in [0.15, 0.2) is 5.13 Å². The Kier molecular flexibility index (Phi) is 5.18. The summed E-state index contributed by atoms with van der Waals surface area (Å²) in [6.07, 6.45) is 0. The van der Waals surface area contributed by atoms with E-state index < -0.39 is 0 Å². The molecular weight excluding hydrogens is 394 g/mol. The number of hydrogen-bond donors (Lipinski definition) is 2. The number of carbonyl (C=O) groups is 1. The van der Waals surface area contributed by atoms with E-state index in [0.717, 1.165) is 38.4 Å². The van der Waals surface area contributed by atoms with Crippen molar-refractivity contribution in [1.82, 2.24) is 20.5 Å². The predicted octanol–water partition coefficient (Wildman–Crippen LogP) is 4.86. The van der Waals surface area contributed by atoms with Crippen LogP contribution in [0.1, 0.15) is 16.5 Å². The third-order valence-electron chi connectivity index (χ3n) is 3.93. The Labute approximate surface area is 169 Å². The molecule has 0 aliphatic heterocycles. The van der Waals surface area contributed by atoms with Crippen molar-refractivity contribution in [2.24, 2.45) is 0 Å². The van der Waals surface area contributed by atoms with Gasteiger partial charge in [-0.25, -0.2) is 9.78 Å². The Morgan fingerprint density at radius 2 is 2.00 bits per heavy atom. The second-order valence-electron chi connectivity index (χ2n) is 6.04. The highest BCUT2D eigenvalue weighted by atomic mass is 32.1. The molecule has 0 spiro atoms. The number of nitrogens with one attached hydrogen (secondary N) is 2. The summed E-state index contributed by atoms with van der Waals surface area (Å²) in [5, 5.41) is 17.8. The number of furan rings is 1. The number of anilines is 1. The molecule has 0 saturated heterocycles. The fourth-order valence-corrected chi connectivity index (χ4v) is 4.15. The van der Waals surface area contributed by atoms with Crippen molar-refractivity contribution in [2.75, 3.05) is 5.32 Å². The van der Waals surface area contributed by atoms with Gasteiger partial charge in [-0.15, -0.1) is 21.5 Å². The van der Waals surface area contributed by atoms with Crippen molar-refractivity contribution in [3.63, 3.8) is 0 Å². The number of nitrogens with zero attached hydrogens (tertiary/aromatic N) is 3. The zero-order chi connectivity index (χ0) is 19.5. The van der Waals surface area contributed by atoms with E-state index in [9.17, 15) is 4.79 Å². The first-order chi connectivity index (χ1) is 13.6. The Balaban J connectivity index is 1.34. The number of thiazole rings is 1. The van der Waals surface area contributed by atoms with Gasteiger partial charge in [0.2, 0.25) is 0 Å². The standard InChI is InChI=1S/C19H17N5O2S2/c1-11-8-14(12(2)26-11)15-10-27-19(21-15)22-18(25)20-9-16-23-24-17(28-16)13-6-4-3-5-7-13/h3-8,10H,9H2,1-2H3,(H2,20,21,22,25). The summed E-state index contributed by atoms with van der Waals surface area (Å²) < 4.78 is 5.53. The summed E-state index contributed by atoms with van der Waals surface area (Å²) in [6, 6.07) is 11.4. The summed E-state index contributed by atoms with van der Waals surface area (Å²) >= 11 is 2.82. The van der Waals surface area contributed by atoms with E-state index in [4.69, 9.17) is 4.42 Å². The molecule has 3 aromatic heterocycles. The SMILES string of the molecule is Cc1cc(-c2csc(NC(=O)NCc3nnc(-c4ccccc4)s3)n2)c(C)o1. The molecule has 0 atom stereocenters. The number of carbonyl (C=O) groups excluding carboxylic acids is 1. The first-order valence-corrected chi connectivity index (χ1v) is 10.2. The number of benzene rings is 1. The highest BCUT2D eigenvalue weighted by molar-refractivity contribution is 7.14.